The molecule has 0 N–H and O–H groups in total. The number of ether oxygens (including phenoxy) is 1. The smallest absolute Gasteiger partial charge is 0.243 e. The van der Waals surface area contributed by atoms with Crippen LogP contribution in [0.2, 0.25) is 0 Å². The molecular formula is C18H21NO4S2. The van der Waals surface area contributed by atoms with Crippen molar-refractivity contribution in [2.75, 3.05) is 20.4 Å². The maximum Gasteiger partial charge on any atom is 0.243 e. The van der Waals surface area contributed by atoms with E-state index in [2.05, 4.69) is 0 Å². The summed E-state index contributed by atoms with van der Waals surface area (Å²) in [7, 11) is -0.585. The fourth-order valence-corrected chi connectivity index (χ4v) is 4.13. The van der Waals surface area contributed by atoms with Gasteiger partial charge in [-0.25, -0.2) is 8.42 Å². The lowest BCUT2D eigenvalue weighted by molar-refractivity contribution is 0.101. The fourth-order valence-electron chi connectivity index (χ4n) is 2.38. The highest BCUT2D eigenvalue weighted by molar-refractivity contribution is 7.98. The Labute approximate surface area is 153 Å². The molecule has 2 aromatic rings. The number of rotatable bonds is 7. The molecule has 134 valence electrons. The first kappa shape index (κ1) is 19.5. The van der Waals surface area contributed by atoms with Crippen LogP contribution < -0.4 is 4.74 Å². The van der Waals surface area contributed by atoms with E-state index in [1.807, 2.05) is 24.5 Å². The van der Waals surface area contributed by atoms with Crippen LogP contribution in [0.15, 0.2) is 52.3 Å². The zero-order chi connectivity index (χ0) is 18.6. The molecule has 0 radical (unpaired) electrons. The summed E-state index contributed by atoms with van der Waals surface area (Å²) < 4.78 is 32.1. The molecule has 0 atom stereocenters. The number of hydrogen-bond donors (Lipinski definition) is 0. The van der Waals surface area contributed by atoms with Gasteiger partial charge in [0, 0.05) is 24.1 Å². The van der Waals surface area contributed by atoms with E-state index < -0.39 is 10.0 Å². The molecule has 0 bridgehead atoms. The number of carbonyl (C=O) groups excluding carboxylic acids is 1. The minimum atomic E-state index is -3.69. The lowest BCUT2D eigenvalue weighted by Crippen LogP contribution is -2.26. The van der Waals surface area contributed by atoms with E-state index >= 15 is 0 Å². The van der Waals surface area contributed by atoms with E-state index in [0.717, 1.165) is 16.2 Å². The van der Waals surface area contributed by atoms with E-state index in [9.17, 15) is 13.2 Å². The summed E-state index contributed by atoms with van der Waals surface area (Å²) in [5, 5.41) is 0. The Kier molecular flexibility index (Phi) is 6.26. The number of Topliss-reactive ketones (excluding diaryl/α,β-unsaturated/α-hetero) is 1. The van der Waals surface area contributed by atoms with Crippen LogP contribution in [0.5, 0.6) is 5.75 Å². The van der Waals surface area contributed by atoms with E-state index in [1.165, 1.54) is 30.4 Å². The van der Waals surface area contributed by atoms with Gasteiger partial charge in [-0.2, -0.15) is 4.31 Å². The number of thioether (sulfide) groups is 1. The van der Waals surface area contributed by atoms with Crippen LogP contribution in [-0.4, -0.2) is 38.9 Å². The second-order valence-electron chi connectivity index (χ2n) is 5.53. The van der Waals surface area contributed by atoms with Gasteiger partial charge in [-0.3, -0.25) is 4.79 Å². The van der Waals surface area contributed by atoms with Crippen molar-refractivity contribution in [2.24, 2.45) is 0 Å². The normalized spacial score (nSPS) is 11.6. The third-order valence-electron chi connectivity index (χ3n) is 3.80. The zero-order valence-corrected chi connectivity index (χ0v) is 16.3. The predicted molar refractivity (Wildman–Crippen MR) is 99.9 cm³/mol. The Balaban J connectivity index is 2.29. The molecule has 5 nitrogen and oxygen atoms in total. The average molecular weight is 380 g/mol. The molecule has 2 rings (SSSR count). The number of methoxy groups -OCH3 is 1. The standard InChI is InChI=1S/C18H21NO4S2/c1-13(20)15-6-5-7-16(11-15)25(21,22)19(2)12-14-8-9-18(24-4)17(10-14)23-3/h5-11H,12H2,1-4H3. The molecular weight excluding hydrogens is 358 g/mol. The molecule has 0 amide bonds. The van der Waals surface area contributed by atoms with E-state index in [0.29, 0.717) is 5.56 Å². The van der Waals surface area contributed by atoms with E-state index in [1.54, 1.807) is 31.0 Å². The molecule has 0 aromatic heterocycles. The molecule has 0 fully saturated rings. The molecule has 0 unspecified atom stereocenters. The van der Waals surface area contributed by atoms with Crippen molar-refractivity contribution in [2.45, 2.75) is 23.3 Å². The van der Waals surface area contributed by atoms with Gasteiger partial charge in [0.05, 0.1) is 12.0 Å². The second-order valence-corrected chi connectivity index (χ2v) is 8.43. The number of benzene rings is 2. The van der Waals surface area contributed by atoms with Crippen molar-refractivity contribution in [3.8, 4) is 5.75 Å². The number of carbonyl (C=O) groups is 1. The van der Waals surface area contributed by atoms with Gasteiger partial charge in [-0.1, -0.05) is 18.2 Å². The van der Waals surface area contributed by atoms with Crippen molar-refractivity contribution < 1.29 is 17.9 Å². The van der Waals surface area contributed by atoms with Crippen molar-refractivity contribution in [1.82, 2.24) is 4.31 Å². The van der Waals surface area contributed by atoms with Gasteiger partial charge in [0.25, 0.3) is 0 Å². The van der Waals surface area contributed by atoms with Gasteiger partial charge < -0.3 is 4.74 Å². The molecule has 0 aliphatic carbocycles. The molecule has 0 heterocycles. The maximum absolute atomic E-state index is 12.8. The van der Waals surface area contributed by atoms with Crippen LogP contribution >= 0.6 is 11.8 Å². The van der Waals surface area contributed by atoms with Gasteiger partial charge in [0.1, 0.15) is 5.75 Å². The van der Waals surface area contributed by atoms with Crippen molar-refractivity contribution in [3.05, 3.63) is 53.6 Å². The third-order valence-corrected chi connectivity index (χ3v) is 6.38. The maximum atomic E-state index is 12.8. The van der Waals surface area contributed by atoms with Crippen LogP contribution in [0, 0.1) is 0 Å². The Morgan fingerprint density at radius 3 is 2.52 bits per heavy atom. The quantitative estimate of drug-likeness (QED) is 0.545. The zero-order valence-electron chi connectivity index (χ0n) is 14.6. The molecule has 0 spiro atoms. The van der Waals surface area contributed by atoms with Gasteiger partial charge in [-0.05, 0) is 43.0 Å². The summed E-state index contributed by atoms with van der Waals surface area (Å²) in [4.78, 5) is 12.6. The molecule has 0 aliphatic rings. The number of nitrogens with zero attached hydrogens (tertiary/aromatic N) is 1. The number of ketones is 1. The molecule has 0 aliphatic heterocycles. The summed E-state index contributed by atoms with van der Waals surface area (Å²) in [6, 6.07) is 11.7. The summed E-state index contributed by atoms with van der Waals surface area (Å²) in [5.41, 5.74) is 1.20. The number of sulfonamides is 1. The van der Waals surface area contributed by atoms with E-state index in [4.69, 9.17) is 4.74 Å². The van der Waals surface area contributed by atoms with Gasteiger partial charge >= 0.3 is 0 Å². The lowest BCUT2D eigenvalue weighted by atomic mass is 10.2. The summed E-state index contributed by atoms with van der Waals surface area (Å²) in [5.74, 6) is 0.548. The Bertz CT molecular complexity index is 878. The molecule has 2 aromatic carbocycles. The first-order chi connectivity index (χ1) is 11.8. The molecule has 0 saturated carbocycles. The molecule has 7 heteroatoms. The first-order valence-corrected chi connectivity index (χ1v) is 10.2. The summed E-state index contributed by atoms with van der Waals surface area (Å²) in [6.07, 6.45) is 1.95. The van der Waals surface area contributed by atoms with Crippen LogP contribution in [-0.2, 0) is 16.6 Å². The predicted octanol–water partition coefficient (Wildman–Crippen LogP) is 3.44. The van der Waals surface area contributed by atoms with Crippen LogP contribution in [0.1, 0.15) is 22.8 Å². The highest BCUT2D eigenvalue weighted by atomic mass is 32.2. The summed E-state index contributed by atoms with van der Waals surface area (Å²) >= 11 is 1.57. The SMILES string of the molecule is COc1cc(CN(C)S(=O)(=O)c2cccc(C(C)=O)c2)ccc1SC. The minimum Gasteiger partial charge on any atom is -0.496 e. The average Bonchev–Trinajstić information content (AvgIpc) is 2.61. The Hall–Kier alpha value is -1.83. The van der Waals surface area contributed by atoms with Gasteiger partial charge in [-0.15, -0.1) is 11.8 Å². The monoisotopic (exact) mass is 379 g/mol. The first-order valence-electron chi connectivity index (χ1n) is 7.58. The van der Waals surface area contributed by atoms with Crippen molar-refractivity contribution in [1.29, 1.82) is 0 Å². The molecule has 25 heavy (non-hydrogen) atoms. The highest BCUT2D eigenvalue weighted by Crippen LogP contribution is 2.29. The second kappa shape index (κ2) is 8.03. The lowest BCUT2D eigenvalue weighted by Gasteiger charge is -2.18. The minimum absolute atomic E-state index is 0.107. The Morgan fingerprint density at radius 2 is 1.92 bits per heavy atom. The molecule has 0 saturated heterocycles. The topological polar surface area (TPSA) is 63.7 Å². The van der Waals surface area contributed by atoms with Crippen molar-refractivity contribution >= 4 is 27.6 Å². The third kappa shape index (κ3) is 4.42. The summed E-state index contributed by atoms with van der Waals surface area (Å²) in [6.45, 7) is 1.62. The van der Waals surface area contributed by atoms with E-state index in [-0.39, 0.29) is 17.2 Å². The highest BCUT2D eigenvalue weighted by Gasteiger charge is 2.22. The largest absolute Gasteiger partial charge is 0.496 e. The van der Waals surface area contributed by atoms with Crippen LogP contribution in [0.3, 0.4) is 0 Å². The van der Waals surface area contributed by atoms with Crippen molar-refractivity contribution in [3.63, 3.8) is 0 Å². The van der Waals surface area contributed by atoms with Crippen LogP contribution in [0.4, 0.5) is 0 Å². The number of hydrogen-bond acceptors (Lipinski definition) is 5. The fraction of sp³-hybridized carbons (Fsp3) is 0.278. The van der Waals surface area contributed by atoms with Gasteiger partial charge in [0.15, 0.2) is 5.78 Å². The van der Waals surface area contributed by atoms with Gasteiger partial charge in [0.2, 0.25) is 10.0 Å². The Morgan fingerprint density at radius 1 is 1.20 bits per heavy atom. The van der Waals surface area contributed by atoms with Crippen LogP contribution in [0.25, 0.3) is 0 Å².